The number of benzene rings is 1. The van der Waals surface area contributed by atoms with Gasteiger partial charge in [-0.1, -0.05) is 23.8 Å². The molecule has 1 aliphatic rings. The van der Waals surface area contributed by atoms with E-state index in [1.807, 2.05) is 45.0 Å². The average molecular weight is 416 g/mol. The van der Waals surface area contributed by atoms with Crippen LogP contribution in [-0.2, 0) is 6.42 Å². The lowest BCUT2D eigenvalue weighted by Crippen LogP contribution is -2.22. The number of nitrogens with zero attached hydrogens (tertiary/aromatic N) is 2. The fourth-order valence-corrected chi connectivity index (χ4v) is 3.67. The predicted octanol–water partition coefficient (Wildman–Crippen LogP) is 4.32. The van der Waals surface area contributed by atoms with E-state index in [0.29, 0.717) is 23.4 Å². The van der Waals surface area contributed by atoms with Gasteiger partial charge in [0.1, 0.15) is 11.6 Å². The summed E-state index contributed by atoms with van der Waals surface area (Å²) in [7, 11) is 0. The molecule has 0 saturated carbocycles. The van der Waals surface area contributed by atoms with Crippen LogP contribution in [0.4, 0.5) is 5.82 Å². The van der Waals surface area contributed by atoms with E-state index in [2.05, 4.69) is 20.8 Å². The molecule has 0 bridgehead atoms. The zero-order valence-corrected chi connectivity index (χ0v) is 17.8. The number of furan rings is 1. The van der Waals surface area contributed by atoms with Gasteiger partial charge in [0.05, 0.1) is 5.71 Å². The number of nitrogens with one attached hydrogen (secondary N) is 2. The molecular weight excluding hydrogens is 392 g/mol. The standard InChI is InChI=1S/C24H24N4O3/c1-14-10-12-17(13-11-14)23(29)28-27-18-7-5-8-19-21(18)16(3)22(31-19)24(30)26-20-9-4-6-15(2)25-20/h4,6,9-13H,5,7-8H2,1-3H3,(H,28,29)(H,25,26,30)/b27-18+. The lowest BCUT2D eigenvalue weighted by molar-refractivity contribution is 0.0953. The number of pyridine rings is 1. The minimum atomic E-state index is -0.354. The Morgan fingerprint density at radius 2 is 1.77 bits per heavy atom. The molecule has 1 aromatic carbocycles. The van der Waals surface area contributed by atoms with Crippen LogP contribution in [0.15, 0.2) is 52.0 Å². The zero-order chi connectivity index (χ0) is 22.0. The van der Waals surface area contributed by atoms with Crippen LogP contribution in [0.5, 0.6) is 0 Å². The molecule has 0 fully saturated rings. The van der Waals surface area contributed by atoms with Crippen molar-refractivity contribution in [2.24, 2.45) is 5.10 Å². The largest absolute Gasteiger partial charge is 0.455 e. The Kier molecular flexibility index (Phi) is 5.66. The molecule has 2 aromatic heterocycles. The smallest absolute Gasteiger partial charge is 0.292 e. The molecule has 7 heteroatoms. The van der Waals surface area contributed by atoms with Crippen LogP contribution in [0.3, 0.4) is 0 Å². The highest BCUT2D eigenvalue weighted by atomic mass is 16.4. The van der Waals surface area contributed by atoms with Crippen molar-refractivity contribution in [3.05, 3.63) is 81.9 Å². The number of hydrazone groups is 1. The first-order valence-corrected chi connectivity index (χ1v) is 10.2. The van der Waals surface area contributed by atoms with E-state index in [1.54, 1.807) is 18.2 Å². The Balaban J connectivity index is 1.56. The van der Waals surface area contributed by atoms with Gasteiger partial charge in [0.15, 0.2) is 5.76 Å². The van der Waals surface area contributed by atoms with E-state index < -0.39 is 0 Å². The highest BCUT2D eigenvalue weighted by molar-refractivity contribution is 6.09. The van der Waals surface area contributed by atoms with Gasteiger partial charge in [-0.05, 0) is 57.9 Å². The molecule has 7 nitrogen and oxygen atoms in total. The molecule has 2 N–H and O–H groups in total. The van der Waals surface area contributed by atoms with Crippen LogP contribution in [0, 0.1) is 20.8 Å². The fraction of sp³-hybridized carbons (Fsp3) is 0.250. The van der Waals surface area contributed by atoms with Gasteiger partial charge in [-0.15, -0.1) is 0 Å². The number of anilines is 1. The summed E-state index contributed by atoms with van der Waals surface area (Å²) in [4.78, 5) is 29.5. The molecule has 1 aliphatic carbocycles. The number of carbonyl (C=O) groups excluding carboxylic acids is 2. The van der Waals surface area contributed by atoms with E-state index >= 15 is 0 Å². The summed E-state index contributed by atoms with van der Waals surface area (Å²) < 4.78 is 5.90. The summed E-state index contributed by atoms with van der Waals surface area (Å²) in [6.45, 7) is 5.67. The summed E-state index contributed by atoms with van der Waals surface area (Å²) in [5.41, 5.74) is 7.31. The van der Waals surface area contributed by atoms with Crippen LogP contribution in [0.1, 0.15) is 61.9 Å². The van der Waals surface area contributed by atoms with Gasteiger partial charge >= 0.3 is 0 Å². The molecule has 0 radical (unpaired) electrons. The third-order valence-electron chi connectivity index (χ3n) is 5.27. The monoisotopic (exact) mass is 416 g/mol. The maximum atomic E-state index is 12.8. The molecule has 0 atom stereocenters. The van der Waals surface area contributed by atoms with Crippen LogP contribution in [-0.4, -0.2) is 22.5 Å². The minimum absolute atomic E-state index is 0.243. The Labute approximate surface area is 180 Å². The number of hydrogen-bond donors (Lipinski definition) is 2. The normalized spacial score (nSPS) is 14.2. The quantitative estimate of drug-likeness (QED) is 0.619. The van der Waals surface area contributed by atoms with E-state index in [9.17, 15) is 9.59 Å². The fourth-order valence-electron chi connectivity index (χ4n) is 3.67. The highest BCUT2D eigenvalue weighted by Crippen LogP contribution is 2.30. The van der Waals surface area contributed by atoms with E-state index in [1.165, 1.54) is 0 Å². The Morgan fingerprint density at radius 1 is 1.00 bits per heavy atom. The third-order valence-corrected chi connectivity index (χ3v) is 5.27. The summed E-state index contributed by atoms with van der Waals surface area (Å²) >= 11 is 0. The van der Waals surface area contributed by atoms with E-state index in [-0.39, 0.29) is 17.6 Å². The zero-order valence-electron chi connectivity index (χ0n) is 17.8. The van der Waals surface area contributed by atoms with Gasteiger partial charge < -0.3 is 9.73 Å². The Hall–Kier alpha value is -3.74. The molecule has 2 amide bonds. The second kappa shape index (κ2) is 8.55. The first-order valence-electron chi connectivity index (χ1n) is 10.2. The SMILES string of the molecule is Cc1ccc(C(=O)N/N=C2\CCCc3oc(C(=O)Nc4cccc(C)n4)c(C)c32)cc1. The number of amides is 2. The number of fused-ring (bicyclic) bond motifs is 1. The van der Waals surface area contributed by atoms with Crippen molar-refractivity contribution in [3.63, 3.8) is 0 Å². The molecule has 2 heterocycles. The minimum Gasteiger partial charge on any atom is -0.455 e. The van der Waals surface area contributed by atoms with Crippen LogP contribution >= 0.6 is 0 Å². The van der Waals surface area contributed by atoms with Gasteiger partial charge in [0.25, 0.3) is 11.8 Å². The summed E-state index contributed by atoms with van der Waals surface area (Å²) in [5.74, 6) is 0.803. The van der Waals surface area contributed by atoms with Gasteiger partial charge in [-0.2, -0.15) is 5.10 Å². The van der Waals surface area contributed by atoms with Crippen molar-refractivity contribution < 1.29 is 14.0 Å². The van der Waals surface area contributed by atoms with Crippen LogP contribution in [0.25, 0.3) is 0 Å². The summed E-state index contributed by atoms with van der Waals surface area (Å²) in [6.07, 6.45) is 2.25. The maximum Gasteiger partial charge on any atom is 0.292 e. The number of aromatic nitrogens is 1. The molecule has 0 spiro atoms. The van der Waals surface area contributed by atoms with Crippen molar-refractivity contribution in [1.82, 2.24) is 10.4 Å². The number of carbonyl (C=O) groups is 2. The van der Waals surface area contributed by atoms with Gasteiger partial charge in [-0.25, -0.2) is 10.4 Å². The van der Waals surface area contributed by atoms with E-state index in [4.69, 9.17) is 4.42 Å². The average Bonchev–Trinajstić information content (AvgIpc) is 3.10. The van der Waals surface area contributed by atoms with Crippen molar-refractivity contribution in [2.75, 3.05) is 5.32 Å². The first kappa shape index (κ1) is 20.5. The van der Waals surface area contributed by atoms with Crippen molar-refractivity contribution in [3.8, 4) is 0 Å². The molecule has 3 aromatic rings. The topological polar surface area (TPSA) is 96.6 Å². The van der Waals surface area contributed by atoms with Crippen molar-refractivity contribution in [2.45, 2.75) is 40.0 Å². The number of hydrogen-bond acceptors (Lipinski definition) is 5. The van der Waals surface area contributed by atoms with E-state index in [0.717, 1.165) is 41.1 Å². The maximum absolute atomic E-state index is 12.8. The predicted molar refractivity (Wildman–Crippen MR) is 118 cm³/mol. The molecule has 0 saturated heterocycles. The molecule has 0 unspecified atom stereocenters. The highest BCUT2D eigenvalue weighted by Gasteiger charge is 2.28. The van der Waals surface area contributed by atoms with Crippen molar-refractivity contribution in [1.29, 1.82) is 0 Å². The summed E-state index contributed by atoms with van der Waals surface area (Å²) in [5, 5.41) is 7.15. The molecule has 31 heavy (non-hydrogen) atoms. The number of rotatable bonds is 4. The lowest BCUT2D eigenvalue weighted by Gasteiger charge is -2.13. The summed E-state index contributed by atoms with van der Waals surface area (Å²) in [6, 6.07) is 12.7. The molecule has 0 aliphatic heterocycles. The Morgan fingerprint density at radius 3 is 2.52 bits per heavy atom. The lowest BCUT2D eigenvalue weighted by atomic mass is 9.93. The third kappa shape index (κ3) is 4.40. The Bertz CT molecular complexity index is 1180. The first-order chi connectivity index (χ1) is 14.9. The molecule has 4 rings (SSSR count). The van der Waals surface area contributed by atoms with Crippen LogP contribution in [0.2, 0.25) is 0 Å². The second-order valence-corrected chi connectivity index (χ2v) is 7.69. The second-order valence-electron chi connectivity index (χ2n) is 7.69. The van der Waals surface area contributed by atoms with Gasteiger partial charge in [0.2, 0.25) is 0 Å². The molecular formula is C24H24N4O3. The van der Waals surface area contributed by atoms with Gasteiger partial charge in [-0.3, -0.25) is 9.59 Å². The van der Waals surface area contributed by atoms with Crippen LogP contribution < -0.4 is 10.7 Å². The number of aryl methyl sites for hydroxylation is 3. The van der Waals surface area contributed by atoms with Crippen molar-refractivity contribution >= 4 is 23.3 Å². The molecule has 158 valence electrons. The van der Waals surface area contributed by atoms with Gasteiger partial charge in [0, 0.05) is 28.8 Å².